The Morgan fingerprint density at radius 1 is 1.00 bits per heavy atom. The molecule has 1 N–H and O–H groups in total. The average Bonchev–Trinajstić information content (AvgIpc) is 3.15. The van der Waals surface area contributed by atoms with Gasteiger partial charge in [0.2, 0.25) is 11.1 Å². The van der Waals surface area contributed by atoms with Crippen LogP contribution in [0.2, 0.25) is 0 Å². The lowest BCUT2D eigenvalue weighted by Gasteiger charge is -2.05. The van der Waals surface area contributed by atoms with E-state index >= 15 is 0 Å². The molecule has 0 aliphatic rings. The van der Waals surface area contributed by atoms with Crippen molar-refractivity contribution in [1.29, 1.82) is 0 Å². The first-order valence-electron chi connectivity index (χ1n) is 8.77. The van der Waals surface area contributed by atoms with Crippen molar-refractivity contribution in [1.82, 2.24) is 24.8 Å². The van der Waals surface area contributed by atoms with Gasteiger partial charge in [0.1, 0.15) is 0 Å². The molecular formula is C20H16N6O2S. The molecule has 0 bridgehead atoms. The molecule has 3 heterocycles. The number of nitrogens with one attached hydrogen (secondary N) is 1. The second kappa shape index (κ2) is 8.19. The largest absolute Gasteiger partial charge is 0.325 e. The Labute approximate surface area is 170 Å². The van der Waals surface area contributed by atoms with Gasteiger partial charge in [-0.05, 0) is 55.5 Å². The minimum Gasteiger partial charge on any atom is -0.325 e. The molecule has 0 radical (unpaired) electrons. The number of anilines is 1. The highest BCUT2D eigenvalue weighted by atomic mass is 32.2. The number of carbonyl (C=O) groups excluding carboxylic acids is 2. The van der Waals surface area contributed by atoms with E-state index in [1.807, 2.05) is 24.3 Å². The van der Waals surface area contributed by atoms with E-state index in [9.17, 15) is 9.59 Å². The zero-order valence-corrected chi connectivity index (χ0v) is 16.3. The number of hydrogen-bond acceptors (Lipinski definition) is 7. The maximum Gasteiger partial charge on any atom is 0.234 e. The molecule has 29 heavy (non-hydrogen) atoms. The van der Waals surface area contributed by atoms with Crippen LogP contribution < -0.4 is 5.32 Å². The van der Waals surface area contributed by atoms with Crippen molar-refractivity contribution < 1.29 is 9.59 Å². The van der Waals surface area contributed by atoms with Crippen molar-refractivity contribution in [2.45, 2.75) is 12.1 Å². The topological polar surface area (TPSA) is 102 Å². The predicted molar refractivity (Wildman–Crippen MR) is 110 cm³/mol. The predicted octanol–water partition coefficient (Wildman–Crippen LogP) is 3.12. The van der Waals surface area contributed by atoms with Crippen LogP contribution in [0.5, 0.6) is 0 Å². The van der Waals surface area contributed by atoms with Crippen LogP contribution >= 0.6 is 11.8 Å². The Bertz CT molecular complexity index is 1170. The quantitative estimate of drug-likeness (QED) is 0.389. The van der Waals surface area contributed by atoms with Crippen LogP contribution in [0.15, 0.2) is 66.1 Å². The number of amides is 1. The zero-order valence-electron chi connectivity index (χ0n) is 15.4. The minimum absolute atomic E-state index is 0.0178. The minimum atomic E-state index is -0.187. The summed E-state index contributed by atoms with van der Waals surface area (Å²) in [5, 5.41) is 16.1. The van der Waals surface area contributed by atoms with E-state index < -0.39 is 0 Å². The van der Waals surface area contributed by atoms with Crippen molar-refractivity contribution in [2.75, 3.05) is 11.1 Å². The molecule has 0 atom stereocenters. The number of nitrogens with zero attached hydrogens (tertiary/aromatic N) is 5. The molecule has 4 rings (SSSR count). The summed E-state index contributed by atoms with van der Waals surface area (Å²) < 4.78 is 1.62. The molecular weight excluding hydrogens is 388 g/mol. The van der Waals surface area contributed by atoms with Gasteiger partial charge in [-0.3, -0.25) is 14.6 Å². The van der Waals surface area contributed by atoms with Gasteiger partial charge in [-0.15, -0.1) is 10.2 Å². The lowest BCUT2D eigenvalue weighted by molar-refractivity contribution is -0.113. The van der Waals surface area contributed by atoms with Crippen molar-refractivity contribution in [3.05, 3.63) is 66.5 Å². The molecule has 0 aliphatic carbocycles. The number of benzene rings is 1. The number of carbonyl (C=O) groups is 2. The monoisotopic (exact) mass is 404 g/mol. The summed E-state index contributed by atoms with van der Waals surface area (Å²) in [6.07, 6.45) is 3.41. The fraction of sp³-hybridized carbons (Fsp3) is 0.100. The smallest absolute Gasteiger partial charge is 0.234 e. The normalized spacial score (nSPS) is 10.8. The van der Waals surface area contributed by atoms with E-state index in [1.54, 1.807) is 41.2 Å². The van der Waals surface area contributed by atoms with Crippen LogP contribution in [0.3, 0.4) is 0 Å². The summed E-state index contributed by atoms with van der Waals surface area (Å²) in [6.45, 7) is 1.50. The highest BCUT2D eigenvalue weighted by Crippen LogP contribution is 2.20. The Hall–Kier alpha value is -3.59. The third kappa shape index (κ3) is 4.30. The fourth-order valence-electron chi connectivity index (χ4n) is 2.65. The number of rotatable bonds is 6. The molecule has 0 spiro atoms. The molecule has 1 amide bonds. The molecule has 1 aromatic carbocycles. The van der Waals surface area contributed by atoms with E-state index in [-0.39, 0.29) is 17.4 Å². The summed E-state index contributed by atoms with van der Waals surface area (Å²) in [5.41, 5.74) is 3.52. The fourth-order valence-corrected chi connectivity index (χ4v) is 3.34. The first kappa shape index (κ1) is 18.8. The molecule has 8 nitrogen and oxygen atoms in total. The van der Waals surface area contributed by atoms with Crippen molar-refractivity contribution >= 4 is 34.8 Å². The first-order chi connectivity index (χ1) is 14.1. The van der Waals surface area contributed by atoms with Crippen LogP contribution in [0.4, 0.5) is 5.69 Å². The molecule has 3 aromatic heterocycles. The summed E-state index contributed by atoms with van der Waals surface area (Å²) in [5.74, 6) is -0.0560. The summed E-state index contributed by atoms with van der Waals surface area (Å²) in [4.78, 5) is 27.6. The lowest BCUT2D eigenvalue weighted by Crippen LogP contribution is -2.14. The SMILES string of the molecule is CC(=O)c1ccc(NC(=O)CSc2nnc3ccc(-c4ccncc4)nn23)cc1. The van der Waals surface area contributed by atoms with E-state index in [4.69, 9.17) is 0 Å². The van der Waals surface area contributed by atoms with E-state index in [0.29, 0.717) is 22.1 Å². The van der Waals surface area contributed by atoms with Crippen LogP contribution in [-0.2, 0) is 4.79 Å². The van der Waals surface area contributed by atoms with Gasteiger partial charge in [-0.25, -0.2) is 0 Å². The zero-order chi connectivity index (χ0) is 20.2. The van der Waals surface area contributed by atoms with Crippen molar-refractivity contribution in [3.63, 3.8) is 0 Å². The van der Waals surface area contributed by atoms with E-state index in [0.717, 1.165) is 11.3 Å². The Balaban J connectivity index is 1.45. The highest BCUT2D eigenvalue weighted by Gasteiger charge is 2.12. The first-order valence-corrected chi connectivity index (χ1v) is 9.75. The number of hydrogen-bond donors (Lipinski definition) is 1. The summed E-state index contributed by atoms with van der Waals surface area (Å²) in [7, 11) is 0. The molecule has 0 fully saturated rings. The van der Waals surface area contributed by atoms with Crippen molar-refractivity contribution in [2.24, 2.45) is 0 Å². The lowest BCUT2D eigenvalue weighted by atomic mass is 10.1. The number of aromatic nitrogens is 5. The number of fused-ring (bicyclic) bond motifs is 1. The number of Topliss-reactive ketones (excluding diaryl/α,β-unsaturated/α-hetero) is 1. The van der Waals surface area contributed by atoms with E-state index in [1.165, 1.54) is 18.7 Å². The van der Waals surface area contributed by atoms with Gasteiger partial charge >= 0.3 is 0 Å². The highest BCUT2D eigenvalue weighted by molar-refractivity contribution is 7.99. The Kier molecular flexibility index (Phi) is 5.30. The van der Waals surface area contributed by atoms with Crippen molar-refractivity contribution in [3.8, 4) is 11.3 Å². The van der Waals surface area contributed by atoms with Crippen LogP contribution in [0.1, 0.15) is 17.3 Å². The van der Waals surface area contributed by atoms with Gasteiger partial charge < -0.3 is 5.32 Å². The number of thioether (sulfide) groups is 1. The van der Waals surface area contributed by atoms with Crippen LogP contribution in [-0.4, -0.2) is 42.2 Å². The Morgan fingerprint density at radius 3 is 2.48 bits per heavy atom. The molecule has 0 unspecified atom stereocenters. The van der Waals surface area contributed by atoms with Gasteiger partial charge in [0.25, 0.3) is 0 Å². The summed E-state index contributed by atoms with van der Waals surface area (Å²) in [6, 6.07) is 14.2. The third-order valence-corrected chi connectivity index (χ3v) is 5.04. The number of pyridine rings is 1. The van der Waals surface area contributed by atoms with E-state index in [2.05, 4.69) is 25.6 Å². The molecule has 9 heteroatoms. The maximum absolute atomic E-state index is 12.3. The molecule has 0 saturated heterocycles. The van der Waals surface area contributed by atoms with Gasteiger partial charge in [-0.2, -0.15) is 9.61 Å². The Morgan fingerprint density at radius 2 is 1.76 bits per heavy atom. The van der Waals surface area contributed by atoms with Crippen LogP contribution in [0, 0.1) is 0 Å². The van der Waals surface area contributed by atoms with Gasteiger partial charge in [0.05, 0.1) is 11.4 Å². The van der Waals surface area contributed by atoms with Crippen LogP contribution in [0.25, 0.3) is 16.9 Å². The molecule has 4 aromatic rings. The average molecular weight is 404 g/mol. The van der Waals surface area contributed by atoms with Gasteiger partial charge in [0.15, 0.2) is 11.4 Å². The van der Waals surface area contributed by atoms with Gasteiger partial charge in [-0.1, -0.05) is 11.8 Å². The third-order valence-electron chi connectivity index (χ3n) is 4.12. The second-order valence-corrected chi connectivity index (χ2v) is 7.12. The standard InChI is InChI=1S/C20H16N6O2S/c1-13(27)14-2-4-16(5-3-14)22-19(28)12-29-20-24-23-18-7-6-17(25-26(18)20)15-8-10-21-11-9-15/h2-11H,12H2,1H3,(H,22,28). The second-order valence-electron chi connectivity index (χ2n) is 6.18. The molecule has 144 valence electrons. The molecule has 0 aliphatic heterocycles. The number of ketones is 1. The maximum atomic E-state index is 12.3. The molecule has 0 saturated carbocycles. The summed E-state index contributed by atoms with van der Waals surface area (Å²) >= 11 is 1.24. The van der Waals surface area contributed by atoms with Gasteiger partial charge in [0, 0.05) is 29.2 Å².